The zero-order valence-electron chi connectivity index (χ0n) is 25.2. The van der Waals surface area contributed by atoms with Crippen molar-refractivity contribution in [2.75, 3.05) is 11.9 Å². The fourth-order valence-corrected chi connectivity index (χ4v) is 8.51. The minimum Gasteiger partial charge on any atom is -0.493 e. The molecule has 0 radical (unpaired) electrons. The number of hydrogen-bond acceptors (Lipinski definition) is 5. The van der Waals surface area contributed by atoms with Crippen LogP contribution in [-0.4, -0.2) is 33.3 Å². The zero-order valence-corrected chi connectivity index (χ0v) is 25.9. The topological polar surface area (TPSA) is 91.7 Å². The Morgan fingerprint density at radius 3 is 2.65 bits per heavy atom. The van der Waals surface area contributed by atoms with Crippen LogP contribution in [0.4, 0.5) is 5.69 Å². The fourth-order valence-electron chi connectivity index (χ4n) is 8.32. The van der Waals surface area contributed by atoms with Gasteiger partial charge in [0.05, 0.1) is 18.4 Å². The summed E-state index contributed by atoms with van der Waals surface area (Å²) in [6, 6.07) is 18.1. The van der Waals surface area contributed by atoms with Crippen LogP contribution in [0.2, 0.25) is 5.02 Å². The molecule has 3 aliphatic rings. The molecule has 0 bridgehead atoms. The summed E-state index contributed by atoms with van der Waals surface area (Å²) >= 11 is 6.22. The summed E-state index contributed by atoms with van der Waals surface area (Å²) in [5, 5.41) is 25.0. The quantitative estimate of drug-likeness (QED) is 0.229. The van der Waals surface area contributed by atoms with Gasteiger partial charge in [0, 0.05) is 22.5 Å². The largest absolute Gasteiger partial charge is 0.493 e. The van der Waals surface area contributed by atoms with Gasteiger partial charge in [0.25, 0.3) is 0 Å². The van der Waals surface area contributed by atoms with Crippen LogP contribution in [0.15, 0.2) is 60.8 Å². The third kappa shape index (κ3) is 5.64. The number of aliphatic hydroxyl groups is 1. The van der Waals surface area contributed by atoms with Gasteiger partial charge in [0.15, 0.2) is 0 Å². The van der Waals surface area contributed by atoms with Crippen molar-refractivity contribution in [3.05, 3.63) is 88.2 Å². The third-order valence-electron chi connectivity index (χ3n) is 10.6. The van der Waals surface area contributed by atoms with E-state index in [1.807, 2.05) is 18.2 Å². The van der Waals surface area contributed by atoms with Crippen LogP contribution >= 0.6 is 11.6 Å². The van der Waals surface area contributed by atoms with Crippen LogP contribution in [0.1, 0.15) is 99.6 Å². The lowest BCUT2D eigenvalue weighted by Gasteiger charge is -2.47. The maximum atomic E-state index is 12.7. The van der Waals surface area contributed by atoms with Gasteiger partial charge in [-0.1, -0.05) is 55.8 Å². The van der Waals surface area contributed by atoms with Gasteiger partial charge in [-0.05, 0) is 116 Å². The summed E-state index contributed by atoms with van der Waals surface area (Å²) in [4.78, 5) is 17.2. The van der Waals surface area contributed by atoms with Crippen LogP contribution in [0, 0.1) is 11.8 Å². The number of hydrogen-bond donors (Lipinski definition) is 3. The van der Waals surface area contributed by atoms with Crippen molar-refractivity contribution >= 4 is 23.3 Å². The molecule has 1 spiro atoms. The summed E-state index contributed by atoms with van der Waals surface area (Å²) in [6.45, 7) is 5.05. The van der Waals surface area contributed by atoms with E-state index in [9.17, 15) is 15.0 Å². The number of rotatable bonds is 9. The summed E-state index contributed by atoms with van der Waals surface area (Å²) in [7, 11) is 0. The molecule has 3 N–H and O–H groups in total. The maximum absolute atomic E-state index is 12.7. The molecule has 0 aliphatic heterocycles. The van der Waals surface area contributed by atoms with E-state index >= 15 is 0 Å². The van der Waals surface area contributed by atoms with E-state index in [0.717, 1.165) is 67.6 Å². The number of nitrogens with zero attached hydrogens (tertiary/aromatic N) is 1. The van der Waals surface area contributed by atoms with E-state index in [0.29, 0.717) is 42.2 Å². The van der Waals surface area contributed by atoms with Gasteiger partial charge in [-0.15, -0.1) is 0 Å². The lowest BCUT2D eigenvalue weighted by atomic mass is 9.59. The number of anilines is 1. The first-order valence-corrected chi connectivity index (χ1v) is 16.3. The first-order chi connectivity index (χ1) is 20.7. The minimum absolute atomic E-state index is 0.0485. The number of halogens is 1. The highest BCUT2D eigenvalue weighted by molar-refractivity contribution is 6.30. The van der Waals surface area contributed by atoms with Crippen molar-refractivity contribution in [2.45, 2.75) is 94.6 Å². The van der Waals surface area contributed by atoms with Crippen molar-refractivity contribution in [1.82, 2.24) is 4.98 Å². The average molecular weight is 603 g/mol. The number of nitrogens with one attached hydrogen (secondary N) is 1. The van der Waals surface area contributed by atoms with Crippen molar-refractivity contribution in [3.63, 3.8) is 0 Å². The standard InChI is InChI=1S/C36H43ClN2O4/c1-3-24-11-12-30(40)33-32(24)31(13-18-38-33)43-22-23(2)19-26-20-25-7-4-5-10-29(25)35(26)14-16-36(17-15-35,34(41)42)39-28-9-6-8-27(37)21-28/h4-10,13,18,21,23-24,26,30,39-40H,3,11-12,14-17,19-20,22H2,1-2H3,(H,41,42)/t23-,24-,26?,30-,35?,36?/m1/s1. The molecule has 4 atom stereocenters. The number of ether oxygens (including phenoxy) is 1. The van der Waals surface area contributed by atoms with E-state index < -0.39 is 17.6 Å². The highest BCUT2D eigenvalue weighted by Crippen LogP contribution is 2.56. The molecule has 228 valence electrons. The van der Waals surface area contributed by atoms with Crippen LogP contribution in [0.25, 0.3) is 0 Å². The first kappa shape index (κ1) is 30.0. The predicted molar refractivity (Wildman–Crippen MR) is 170 cm³/mol. The number of benzene rings is 2. The van der Waals surface area contributed by atoms with Crippen LogP contribution in [0.3, 0.4) is 0 Å². The Morgan fingerprint density at radius 2 is 1.91 bits per heavy atom. The van der Waals surface area contributed by atoms with Crippen molar-refractivity contribution in [3.8, 4) is 5.75 Å². The fraction of sp³-hybridized carbons (Fsp3) is 0.500. The second-order valence-corrected chi connectivity index (χ2v) is 13.6. The molecule has 1 saturated carbocycles. The summed E-state index contributed by atoms with van der Waals surface area (Å²) < 4.78 is 6.50. The van der Waals surface area contributed by atoms with Crippen molar-refractivity contribution in [2.24, 2.45) is 11.8 Å². The minimum atomic E-state index is -1.02. The molecule has 2 aromatic carbocycles. The zero-order chi connectivity index (χ0) is 30.2. The Hall–Kier alpha value is -3.09. The predicted octanol–water partition coefficient (Wildman–Crippen LogP) is 8.08. The van der Waals surface area contributed by atoms with Gasteiger partial charge in [0.2, 0.25) is 0 Å². The molecule has 1 heterocycles. The second-order valence-electron chi connectivity index (χ2n) is 13.2. The van der Waals surface area contributed by atoms with Crippen LogP contribution < -0.4 is 10.1 Å². The number of carboxylic acids is 1. The molecule has 1 aromatic heterocycles. The smallest absolute Gasteiger partial charge is 0.329 e. The Bertz CT molecular complexity index is 1470. The number of pyridine rings is 1. The molecular formula is C36H43ClN2O4. The SMILES string of the molecule is CC[C@@H]1CC[C@@H](O)c2nccc(OC[C@H](C)CC3Cc4ccccc4C34CCC(Nc3cccc(Cl)c3)(C(=O)O)CC4)c21. The molecule has 0 saturated heterocycles. The van der Waals surface area contributed by atoms with E-state index in [1.165, 1.54) is 11.1 Å². The van der Waals surface area contributed by atoms with Gasteiger partial charge < -0.3 is 20.3 Å². The van der Waals surface area contributed by atoms with Crippen molar-refractivity contribution in [1.29, 1.82) is 0 Å². The molecule has 3 aromatic rings. The van der Waals surface area contributed by atoms with Crippen LogP contribution in [0.5, 0.6) is 5.75 Å². The van der Waals surface area contributed by atoms with Gasteiger partial charge in [-0.2, -0.15) is 0 Å². The maximum Gasteiger partial charge on any atom is 0.329 e. The average Bonchev–Trinajstić information content (AvgIpc) is 3.29. The van der Waals surface area contributed by atoms with E-state index in [2.05, 4.69) is 48.4 Å². The molecule has 6 nitrogen and oxygen atoms in total. The molecule has 7 heteroatoms. The molecule has 3 aliphatic carbocycles. The Labute approximate surface area is 259 Å². The third-order valence-corrected chi connectivity index (χ3v) is 10.8. The lowest BCUT2D eigenvalue weighted by Crippen LogP contribution is -2.53. The molecule has 43 heavy (non-hydrogen) atoms. The number of aromatic nitrogens is 1. The highest BCUT2D eigenvalue weighted by atomic mass is 35.5. The monoisotopic (exact) mass is 602 g/mol. The van der Waals surface area contributed by atoms with Gasteiger partial charge in [-0.3, -0.25) is 4.98 Å². The number of fused-ring (bicyclic) bond motifs is 3. The summed E-state index contributed by atoms with van der Waals surface area (Å²) in [5.74, 6) is 1.15. The van der Waals surface area contributed by atoms with E-state index in [4.69, 9.17) is 16.3 Å². The van der Waals surface area contributed by atoms with E-state index in [-0.39, 0.29) is 5.41 Å². The number of aliphatic carboxylic acids is 1. The van der Waals surface area contributed by atoms with Crippen LogP contribution in [-0.2, 0) is 16.6 Å². The summed E-state index contributed by atoms with van der Waals surface area (Å²) in [5.41, 5.74) is 4.35. The van der Waals surface area contributed by atoms with E-state index in [1.54, 1.807) is 18.3 Å². The van der Waals surface area contributed by atoms with Gasteiger partial charge in [0.1, 0.15) is 11.3 Å². The summed E-state index contributed by atoms with van der Waals surface area (Å²) in [6.07, 6.45) is 8.69. The lowest BCUT2D eigenvalue weighted by molar-refractivity contribution is -0.144. The molecule has 1 fully saturated rings. The van der Waals surface area contributed by atoms with Crippen molar-refractivity contribution < 1.29 is 19.7 Å². The Kier molecular flexibility index (Phi) is 8.45. The number of carbonyl (C=O) groups is 1. The Morgan fingerprint density at radius 1 is 1.12 bits per heavy atom. The normalized spacial score (nSPS) is 28.6. The highest BCUT2D eigenvalue weighted by Gasteiger charge is 2.54. The van der Waals surface area contributed by atoms with Gasteiger partial charge in [-0.25, -0.2) is 4.79 Å². The number of carboxylic acid groups (broad SMARTS) is 1. The molecule has 1 unspecified atom stereocenters. The first-order valence-electron chi connectivity index (χ1n) is 15.9. The number of aliphatic hydroxyl groups excluding tert-OH is 1. The molecule has 6 rings (SSSR count). The second kappa shape index (κ2) is 12.1. The van der Waals surface area contributed by atoms with Gasteiger partial charge >= 0.3 is 5.97 Å². The Balaban J connectivity index is 1.19. The molecule has 0 amide bonds. The molecular weight excluding hydrogens is 560 g/mol.